The number of fused-ring (bicyclic) bond motifs is 2. The van der Waals surface area contributed by atoms with E-state index in [2.05, 4.69) is 34.2 Å². The molecule has 0 aliphatic carbocycles. The third-order valence-electron chi connectivity index (χ3n) is 7.58. The van der Waals surface area contributed by atoms with Crippen LogP contribution in [0.5, 0.6) is 5.75 Å². The Morgan fingerprint density at radius 2 is 2.05 bits per heavy atom. The zero-order chi connectivity index (χ0) is 26.1. The Labute approximate surface area is 218 Å². The number of nitrogens with zero attached hydrogens (tertiary/aromatic N) is 5. The summed E-state index contributed by atoms with van der Waals surface area (Å²) < 4.78 is 11.4. The Morgan fingerprint density at radius 3 is 2.81 bits per heavy atom. The fraction of sp³-hybridized carbons (Fsp3) is 0.536. The van der Waals surface area contributed by atoms with Crippen LogP contribution in [0, 0.1) is 26.7 Å². The average molecular weight is 507 g/mol. The Hall–Kier alpha value is -3.01. The van der Waals surface area contributed by atoms with Crippen LogP contribution in [-0.2, 0) is 0 Å². The van der Waals surface area contributed by atoms with Gasteiger partial charge in [-0.05, 0) is 72.3 Å². The van der Waals surface area contributed by atoms with E-state index in [1.165, 1.54) is 12.8 Å². The SMILES string of the molecule is CNCC(O)COc1cccc(-c2nc(-c3c(C)noc3C)c(C)c(N3CC4CCN(C)C[C@H]3C4)n2)c1. The summed E-state index contributed by atoms with van der Waals surface area (Å²) >= 11 is 0. The normalized spacial score (nSPS) is 20.8. The molecule has 2 N–H and O–H groups in total. The largest absolute Gasteiger partial charge is 0.491 e. The summed E-state index contributed by atoms with van der Waals surface area (Å²) in [6, 6.07) is 8.21. The molecule has 2 aliphatic heterocycles. The summed E-state index contributed by atoms with van der Waals surface area (Å²) in [7, 11) is 4.02. The number of aromatic nitrogens is 3. The van der Waals surface area contributed by atoms with E-state index in [0.717, 1.165) is 59.3 Å². The van der Waals surface area contributed by atoms with Gasteiger partial charge < -0.3 is 29.5 Å². The Balaban J connectivity index is 1.57. The summed E-state index contributed by atoms with van der Waals surface area (Å²) in [6.45, 7) is 9.89. The molecule has 198 valence electrons. The van der Waals surface area contributed by atoms with Crippen LogP contribution in [0.2, 0.25) is 0 Å². The minimum atomic E-state index is -0.584. The van der Waals surface area contributed by atoms with Gasteiger partial charge in [0.05, 0.1) is 17.0 Å². The first kappa shape index (κ1) is 25.6. The van der Waals surface area contributed by atoms with Gasteiger partial charge in [-0.25, -0.2) is 9.97 Å². The summed E-state index contributed by atoms with van der Waals surface area (Å²) in [6.07, 6.45) is 1.83. The van der Waals surface area contributed by atoms with Crippen molar-refractivity contribution in [2.24, 2.45) is 5.92 Å². The Kier molecular flexibility index (Phi) is 7.46. The van der Waals surface area contributed by atoms with E-state index < -0.39 is 6.10 Å². The maximum Gasteiger partial charge on any atom is 0.162 e. The minimum Gasteiger partial charge on any atom is -0.491 e. The highest BCUT2D eigenvalue weighted by molar-refractivity contribution is 5.75. The van der Waals surface area contributed by atoms with E-state index in [-0.39, 0.29) is 6.61 Å². The average Bonchev–Trinajstić information content (AvgIpc) is 3.37. The molecule has 2 unspecified atom stereocenters. The van der Waals surface area contributed by atoms with Crippen LogP contribution in [0.1, 0.15) is 29.9 Å². The molecule has 2 saturated heterocycles. The standard InChI is InChI=1S/C28H38N6O3/c1-17-26(25-18(2)32-37-19(25)3)30-27(21-7-6-8-24(12-21)36-16-23(35)13-29-4)31-28(17)34-14-20-9-10-33(5)15-22(34)11-20/h6-8,12,20,22-23,29,35H,9-11,13-16H2,1-5H3/t20?,22-,23?/m1/s1. The summed E-state index contributed by atoms with van der Waals surface area (Å²) in [5, 5.41) is 17.2. The molecule has 2 aromatic heterocycles. The Bertz CT molecular complexity index is 1230. The van der Waals surface area contributed by atoms with E-state index in [1.54, 1.807) is 7.05 Å². The predicted octanol–water partition coefficient (Wildman–Crippen LogP) is 3.21. The molecule has 37 heavy (non-hydrogen) atoms. The lowest BCUT2D eigenvalue weighted by atomic mass is 10.0. The van der Waals surface area contributed by atoms with Gasteiger partial charge in [0.1, 0.15) is 30.0 Å². The van der Waals surface area contributed by atoms with E-state index in [1.807, 2.05) is 38.1 Å². The van der Waals surface area contributed by atoms with Gasteiger partial charge in [0.15, 0.2) is 5.82 Å². The van der Waals surface area contributed by atoms with Crippen LogP contribution in [0.25, 0.3) is 22.6 Å². The van der Waals surface area contributed by atoms with Crippen molar-refractivity contribution in [1.82, 2.24) is 25.3 Å². The van der Waals surface area contributed by atoms with Gasteiger partial charge in [0, 0.05) is 36.8 Å². The van der Waals surface area contributed by atoms with Crippen LogP contribution in [0.4, 0.5) is 5.82 Å². The third kappa shape index (κ3) is 5.35. The van der Waals surface area contributed by atoms with Crippen molar-refractivity contribution < 1.29 is 14.4 Å². The van der Waals surface area contributed by atoms with Gasteiger partial charge >= 0.3 is 0 Å². The topological polar surface area (TPSA) is 99.8 Å². The molecule has 2 aliphatic rings. The van der Waals surface area contributed by atoms with Gasteiger partial charge in [0.2, 0.25) is 0 Å². The highest BCUT2D eigenvalue weighted by Crippen LogP contribution is 2.39. The molecule has 1 aromatic carbocycles. The lowest BCUT2D eigenvalue weighted by molar-refractivity contribution is 0.108. The second-order valence-corrected chi connectivity index (χ2v) is 10.6. The highest BCUT2D eigenvalue weighted by Gasteiger charge is 2.37. The zero-order valence-corrected chi connectivity index (χ0v) is 22.5. The molecular formula is C28H38N6O3. The quantitative estimate of drug-likeness (QED) is 0.477. The zero-order valence-electron chi connectivity index (χ0n) is 22.5. The molecule has 4 heterocycles. The molecule has 0 radical (unpaired) electrons. The smallest absolute Gasteiger partial charge is 0.162 e. The lowest BCUT2D eigenvalue weighted by Crippen LogP contribution is -2.41. The molecule has 0 saturated carbocycles. The number of anilines is 1. The first-order valence-electron chi connectivity index (χ1n) is 13.2. The number of hydrogen-bond acceptors (Lipinski definition) is 9. The number of nitrogens with one attached hydrogen (secondary N) is 1. The van der Waals surface area contributed by atoms with Crippen molar-refractivity contribution in [2.75, 3.05) is 51.8 Å². The third-order valence-corrected chi connectivity index (χ3v) is 7.58. The molecule has 2 fully saturated rings. The fourth-order valence-corrected chi connectivity index (χ4v) is 5.70. The van der Waals surface area contributed by atoms with Gasteiger partial charge in [-0.15, -0.1) is 0 Å². The van der Waals surface area contributed by atoms with E-state index in [9.17, 15) is 5.11 Å². The first-order chi connectivity index (χ1) is 17.8. The summed E-state index contributed by atoms with van der Waals surface area (Å²) in [5.74, 6) is 3.73. The van der Waals surface area contributed by atoms with Gasteiger partial charge in [-0.1, -0.05) is 17.3 Å². The number of likely N-dealkylation sites (N-methyl/N-ethyl adjacent to an activating group) is 2. The molecule has 0 amide bonds. The molecule has 9 heteroatoms. The maximum atomic E-state index is 10.1. The van der Waals surface area contributed by atoms with Crippen molar-refractivity contribution in [2.45, 2.75) is 45.8 Å². The number of aliphatic hydroxyl groups is 1. The molecule has 3 aromatic rings. The van der Waals surface area contributed by atoms with Crippen molar-refractivity contribution >= 4 is 5.82 Å². The van der Waals surface area contributed by atoms with Gasteiger partial charge in [0.25, 0.3) is 0 Å². The second-order valence-electron chi connectivity index (χ2n) is 10.6. The summed E-state index contributed by atoms with van der Waals surface area (Å²) in [5.41, 5.74) is 4.53. The lowest BCUT2D eigenvalue weighted by Gasteiger charge is -2.32. The van der Waals surface area contributed by atoms with Crippen molar-refractivity contribution in [3.8, 4) is 28.4 Å². The minimum absolute atomic E-state index is 0.207. The molecule has 0 spiro atoms. The fourth-order valence-electron chi connectivity index (χ4n) is 5.70. The number of ether oxygens (including phenoxy) is 1. The molecule has 3 atom stereocenters. The van der Waals surface area contributed by atoms with Crippen molar-refractivity contribution in [1.29, 1.82) is 0 Å². The van der Waals surface area contributed by atoms with Crippen LogP contribution in [0.15, 0.2) is 28.8 Å². The van der Waals surface area contributed by atoms with Crippen molar-refractivity contribution in [3.05, 3.63) is 41.3 Å². The number of benzene rings is 1. The van der Waals surface area contributed by atoms with Crippen LogP contribution >= 0.6 is 0 Å². The van der Waals surface area contributed by atoms with Gasteiger partial charge in [-0.3, -0.25) is 0 Å². The number of aryl methyl sites for hydroxylation is 2. The monoisotopic (exact) mass is 506 g/mol. The number of rotatable bonds is 8. The predicted molar refractivity (Wildman–Crippen MR) is 144 cm³/mol. The van der Waals surface area contributed by atoms with Crippen LogP contribution < -0.4 is 15.0 Å². The second kappa shape index (κ2) is 10.8. The molecule has 2 bridgehead atoms. The van der Waals surface area contributed by atoms with E-state index in [4.69, 9.17) is 19.2 Å². The first-order valence-corrected chi connectivity index (χ1v) is 13.2. The van der Waals surface area contributed by atoms with E-state index >= 15 is 0 Å². The number of hydrogen-bond donors (Lipinski definition) is 2. The van der Waals surface area contributed by atoms with E-state index in [0.29, 0.717) is 30.1 Å². The highest BCUT2D eigenvalue weighted by atomic mass is 16.5. The van der Waals surface area contributed by atoms with Crippen LogP contribution in [-0.4, -0.2) is 84.2 Å². The molecule has 9 nitrogen and oxygen atoms in total. The molecule has 5 rings (SSSR count). The molecular weight excluding hydrogens is 468 g/mol. The Morgan fingerprint density at radius 1 is 1.22 bits per heavy atom. The number of likely N-dealkylation sites (tertiary alicyclic amines) is 1. The maximum absolute atomic E-state index is 10.1. The van der Waals surface area contributed by atoms with Crippen LogP contribution in [0.3, 0.4) is 0 Å². The van der Waals surface area contributed by atoms with Gasteiger partial charge in [-0.2, -0.15) is 0 Å². The summed E-state index contributed by atoms with van der Waals surface area (Å²) in [4.78, 5) is 15.2. The number of aliphatic hydroxyl groups excluding tert-OH is 1. The van der Waals surface area contributed by atoms with Crippen molar-refractivity contribution in [3.63, 3.8) is 0 Å².